The van der Waals surface area contributed by atoms with E-state index in [1.165, 1.54) is 0 Å². The molecule has 1 aliphatic carbocycles. The van der Waals surface area contributed by atoms with E-state index in [0.717, 1.165) is 17.0 Å². The van der Waals surface area contributed by atoms with Crippen LogP contribution in [0.1, 0.15) is 16.1 Å². The van der Waals surface area contributed by atoms with Crippen molar-refractivity contribution in [3.63, 3.8) is 0 Å². The molecule has 0 N–H and O–H groups in total. The molecular weight excluding hydrogens is 314 g/mol. The minimum atomic E-state index is -0.123. The first-order chi connectivity index (χ1) is 12.3. The van der Waals surface area contributed by atoms with Crippen LogP contribution in [0, 0.1) is 5.92 Å². The molecular formula is C20H17N3O2. The normalized spacial score (nSPS) is 18.3. The van der Waals surface area contributed by atoms with Gasteiger partial charge in [0.05, 0.1) is 24.1 Å². The van der Waals surface area contributed by atoms with Crippen molar-refractivity contribution >= 4 is 12.1 Å². The van der Waals surface area contributed by atoms with Crippen LogP contribution < -0.4 is 0 Å². The van der Waals surface area contributed by atoms with Gasteiger partial charge in [-0.05, 0) is 29.8 Å². The molecule has 0 saturated heterocycles. The summed E-state index contributed by atoms with van der Waals surface area (Å²) in [6.45, 7) is 1.05. The highest BCUT2D eigenvalue weighted by Gasteiger charge is 2.27. The second kappa shape index (κ2) is 6.73. The zero-order valence-corrected chi connectivity index (χ0v) is 13.6. The molecule has 0 radical (unpaired) electrons. The lowest BCUT2D eigenvalue weighted by molar-refractivity contribution is 0.0794. The van der Waals surface area contributed by atoms with Crippen molar-refractivity contribution in [2.45, 2.75) is 6.54 Å². The Kier molecular flexibility index (Phi) is 4.12. The molecule has 2 aliphatic rings. The van der Waals surface area contributed by atoms with Crippen LogP contribution in [0.2, 0.25) is 0 Å². The third kappa shape index (κ3) is 3.08. The average molecular weight is 331 g/mol. The van der Waals surface area contributed by atoms with E-state index >= 15 is 0 Å². The van der Waals surface area contributed by atoms with Gasteiger partial charge in [-0.2, -0.15) is 0 Å². The smallest absolute Gasteiger partial charge is 0.260 e. The fourth-order valence-corrected chi connectivity index (χ4v) is 3.04. The largest absolute Gasteiger partial charge is 0.467 e. The number of hydrogen-bond donors (Lipinski definition) is 0. The number of pyridine rings is 1. The number of amides is 1. The molecule has 5 nitrogen and oxygen atoms in total. The molecule has 0 fully saturated rings. The molecule has 2 aromatic rings. The fourth-order valence-electron chi connectivity index (χ4n) is 3.04. The predicted molar refractivity (Wildman–Crippen MR) is 95.0 cm³/mol. The van der Waals surface area contributed by atoms with Crippen molar-refractivity contribution in [3.05, 3.63) is 89.8 Å². The highest BCUT2D eigenvalue weighted by molar-refractivity contribution is 5.99. The van der Waals surface area contributed by atoms with Gasteiger partial charge in [0.2, 0.25) is 0 Å². The summed E-state index contributed by atoms with van der Waals surface area (Å²) in [6.07, 6.45) is 14.8. The maximum absolute atomic E-state index is 13.2. The maximum atomic E-state index is 13.2. The summed E-state index contributed by atoms with van der Waals surface area (Å²) in [6, 6.07) is 7.21. The fraction of sp³-hybridized carbons (Fsp3) is 0.150. The van der Waals surface area contributed by atoms with Crippen LogP contribution in [0.15, 0.2) is 87.9 Å². The Bertz CT molecular complexity index is 877. The van der Waals surface area contributed by atoms with Crippen LogP contribution in [0.3, 0.4) is 0 Å². The van der Waals surface area contributed by atoms with Crippen molar-refractivity contribution in [1.82, 2.24) is 9.88 Å². The van der Waals surface area contributed by atoms with E-state index in [1.807, 2.05) is 24.3 Å². The van der Waals surface area contributed by atoms with Gasteiger partial charge in [-0.15, -0.1) is 0 Å². The number of aromatic nitrogens is 1. The van der Waals surface area contributed by atoms with Crippen molar-refractivity contribution in [2.24, 2.45) is 10.9 Å². The number of dihydropyridines is 1. The Hall–Kier alpha value is -3.21. The van der Waals surface area contributed by atoms with Crippen molar-refractivity contribution in [2.75, 3.05) is 6.54 Å². The summed E-state index contributed by atoms with van der Waals surface area (Å²) in [5, 5.41) is 0. The molecule has 1 amide bonds. The van der Waals surface area contributed by atoms with Crippen LogP contribution in [0.5, 0.6) is 0 Å². The number of rotatable bonds is 4. The first-order valence-electron chi connectivity index (χ1n) is 8.16. The molecule has 25 heavy (non-hydrogen) atoms. The number of furan rings is 1. The number of fused-ring (bicyclic) bond motifs is 1. The number of nitrogens with zero attached hydrogens (tertiary/aromatic N) is 3. The van der Waals surface area contributed by atoms with Gasteiger partial charge in [-0.1, -0.05) is 24.3 Å². The SMILES string of the molecule is O=C(c1cccnc1)N(Cc1ccco1)C1=C2C=CC=CC2CN=C1. The summed E-state index contributed by atoms with van der Waals surface area (Å²) in [4.78, 5) is 23.4. The minimum Gasteiger partial charge on any atom is -0.467 e. The van der Waals surface area contributed by atoms with E-state index in [0.29, 0.717) is 18.7 Å². The molecule has 0 saturated carbocycles. The summed E-state index contributed by atoms with van der Waals surface area (Å²) in [5.74, 6) is 0.795. The first-order valence-corrected chi connectivity index (χ1v) is 8.16. The van der Waals surface area contributed by atoms with Gasteiger partial charge in [0.1, 0.15) is 5.76 Å². The van der Waals surface area contributed by atoms with E-state index in [4.69, 9.17) is 4.42 Å². The van der Waals surface area contributed by atoms with Crippen LogP contribution in [-0.2, 0) is 6.54 Å². The Balaban J connectivity index is 1.76. The molecule has 1 aliphatic heterocycles. The maximum Gasteiger partial charge on any atom is 0.260 e. The molecule has 1 unspecified atom stereocenters. The second-order valence-corrected chi connectivity index (χ2v) is 5.90. The monoisotopic (exact) mass is 331 g/mol. The zero-order chi connectivity index (χ0) is 17.1. The Labute approximate surface area is 145 Å². The van der Waals surface area contributed by atoms with Gasteiger partial charge in [-0.25, -0.2) is 0 Å². The molecule has 1 atom stereocenters. The lowest BCUT2D eigenvalue weighted by atomic mass is 9.90. The summed E-state index contributed by atoms with van der Waals surface area (Å²) in [5.41, 5.74) is 2.44. The lowest BCUT2D eigenvalue weighted by Gasteiger charge is -2.29. The molecule has 4 rings (SSSR count). The van der Waals surface area contributed by atoms with Crippen LogP contribution in [-0.4, -0.2) is 28.6 Å². The molecule has 0 aromatic carbocycles. The first kappa shape index (κ1) is 15.3. The van der Waals surface area contributed by atoms with Gasteiger partial charge in [0.15, 0.2) is 0 Å². The third-order valence-electron chi connectivity index (χ3n) is 4.28. The number of carbonyl (C=O) groups excluding carboxylic acids is 1. The van der Waals surface area contributed by atoms with E-state index in [2.05, 4.69) is 22.1 Å². The number of carbonyl (C=O) groups is 1. The zero-order valence-electron chi connectivity index (χ0n) is 13.6. The van der Waals surface area contributed by atoms with Crippen LogP contribution in [0.4, 0.5) is 0 Å². The topological polar surface area (TPSA) is 58.7 Å². The van der Waals surface area contributed by atoms with Crippen LogP contribution in [0.25, 0.3) is 0 Å². The summed E-state index contributed by atoms with van der Waals surface area (Å²) < 4.78 is 5.47. The lowest BCUT2D eigenvalue weighted by Crippen LogP contribution is -2.34. The van der Waals surface area contributed by atoms with Gasteiger partial charge in [0.25, 0.3) is 5.91 Å². The van der Waals surface area contributed by atoms with Crippen molar-refractivity contribution in [1.29, 1.82) is 0 Å². The quantitative estimate of drug-likeness (QED) is 0.863. The summed E-state index contributed by atoms with van der Waals surface area (Å²) in [7, 11) is 0. The Morgan fingerprint density at radius 1 is 1.28 bits per heavy atom. The van der Waals surface area contributed by atoms with E-state index in [9.17, 15) is 4.79 Å². The second-order valence-electron chi connectivity index (χ2n) is 5.90. The van der Waals surface area contributed by atoms with Gasteiger partial charge in [0, 0.05) is 31.1 Å². The predicted octanol–water partition coefficient (Wildman–Crippen LogP) is 3.40. The molecule has 0 spiro atoms. The molecule has 0 bridgehead atoms. The van der Waals surface area contributed by atoms with Gasteiger partial charge >= 0.3 is 0 Å². The Morgan fingerprint density at radius 2 is 2.24 bits per heavy atom. The van der Waals surface area contributed by atoms with Crippen molar-refractivity contribution in [3.8, 4) is 0 Å². The van der Waals surface area contributed by atoms with E-state index < -0.39 is 0 Å². The number of aliphatic imine (C=N–C) groups is 1. The molecule has 2 aromatic heterocycles. The van der Waals surface area contributed by atoms with Gasteiger partial charge in [-0.3, -0.25) is 19.7 Å². The highest BCUT2D eigenvalue weighted by atomic mass is 16.3. The van der Waals surface area contributed by atoms with Gasteiger partial charge < -0.3 is 4.42 Å². The average Bonchev–Trinajstić information content (AvgIpc) is 3.19. The minimum absolute atomic E-state index is 0.123. The number of allylic oxidation sites excluding steroid dienone is 4. The Morgan fingerprint density at radius 3 is 3.04 bits per heavy atom. The molecule has 124 valence electrons. The summed E-state index contributed by atoms with van der Waals surface area (Å²) >= 11 is 0. The van der Waals surface area contributed by atoms with E-state index in [-0.39, 0.29) is 11.8 Å². The van der Waals surface area contributed by atoms with Crippen LogP contribution >= 0.6 is 0 Å². The van der Waals surface area contributed by atoms with Crippen molar-refractivity contribution < 1.29 is 9.21 Å². The molecule has 3 heterocycles. The molecule has 5 heteroatoms. The third-order valence-corrected chi connectivity index (χ3v) is 4.28. The standard InChI is InChI=1S/C20H17N3O2/c24-20(16-6-3-9-21-12-16)23(14-17-7-4-10-25-17)19-13-22-11-15-5-1-2-8-18(15)19/h1-10,12-13,15H,11,14H2. The van der Waals surface area contributed by atoms with E-state index in [1.54, 1.807) is 41.9 Å². The highest BCUT2D eigenvalue weighted by Crippen LogP contribution is 2.29. The number of hydrogen-bond acceptors (Lipinski definition) is 4.